The van der Waals surface area contributed by atoms with Crippen LogP contribution in [0.2, 0.25) is 0 Å². The minimum Gasteiger partial charge on any atom is -0.493 e. The Morgan fingerprint density at radius 1 is 1.14 bits per heavy atom. The third kappa shape index (κ3) is 7.74. The fraction of sp³-hybridized carbons (Fsp3) is 0.645. The van der Waals surface area contributed by atoms with Crippen LogP contribution in [-0.2, 0) is 16.0 Å². The molecule has 0 radical (unpaired) electrons. The standard InChI is InChI=1S/C31H46N4O7/c1-6-7-13-34(14-9-8-12-33(3)4)28(36)19-35-18-23(22-15-25(39-5)30-26(16-22)40-20-41-30)29(31(37)38)24(35)10-11-27-32-17-21(2)42-27/h15-17,23-24,29H,6-14,18-20H2,1-5H3,(H,37,38)/t23-,24+,29?/m1/s1. The third-order valence-electron chi connectivity index (χ3n) is 8.22. The maximum absolute atomic E-state index is 13.8. The Morgan fingerprint density at radius 2 is 1.90 bits per heavy atom. The molecule has 1 aromatic carbocycles. The van der Waals surface area contributed by atoms with Crippen molar-refractivity contribution in [1.29, 1.82) is 0 Å². The highest BCUT2D eigenvalue weighted by Gasteiger charge is 2.47. The number of carboxylic acids is 1. The summed E-state index contributed by atoms with van der Waals surface area (Å²) in [7, 11) is 5.66. The van der Waals surface area contributed by atoms with Crippen molar-refractivity contribution in [3.8, 4) is 17.2 Å². The number of aromatic nitrogens is 1. The van der Waals surface area contributed by atoms with Crippen LogP contribution < -0.4 is 14.2 Å². The fourth-order valence-electron chi connectivity index (χ4n) is 6.06. The van der Waals surface area contributed by atoms with Crippen LogP contribution in [0.5, 0.6) is 17.2 Å². The van der Waals surface area contributed by atoms with Crippen LogP contribution in [0, 0.1) is 12.8 Å². The van der Waals surface area contributed by atoms with Gasteiger partial charge in [0.15, 0.2) is 17.4 Å². The van der Waals surface area contributed by atoms with Gasteiger partial charge in [0.2, 0.25) is 18.4 Å². The summed E-state index contributed by atoms with van der Waals surface area (Å²) in [4.78, 5) is 37.1. The molecule has 1 N–H and O–H groups in total. The van der Waals surface area contributed by atoms with Gasteiger partial charge in [-0.25, -0.2) is 4.98 Å². The second-order valence-electron chi connectivity index (χ2n) is 11.6. The number of carbonyl (C=O) groups is 2. The molecular weight excluding hydrogens is 540 g/mol. The molecule has 42 heavy (non-hydrogen) atoms. The number of aliphatic carboxylic acids is 1. The van der Waals surface area contributed by atoms with Crippen LogP contribution in [-0.4, -0.2) is 103 Å². The highest BCUT2D eigenvalue weighted by atomic mass is 16.7. The van der Waals surface area contributed by atoms with Gasteiger partial charge in [0.25, 0.3) is 0 Å². The van der Waals surface area contributed by atoms with Crippen LogP contribution in [0.3, 0.4) is 0 Å². The predicted octanol–water partition coefficient (Wildman–Crippen LogP) is 3.79. The van der Waals surface area contributed by atoms with Crippen molar-refractivity contribution >= 4 is 11.9 Å². The zero-order chi connectivity index (χ0) is 30.2. The molecule has 0 spiro atoms. The molecular formula is C31H46N4O7. The van der Waals surface area contributed by atoms with Gasteiger partial charge in [0.05, 0.1) is 25.8 Å². The SMILES string of the molecule is CCCCN(CCCCN(C)C)C(=O)CN1C[C@H](c2cc(OC)c3c(c2)OCO3)C(C(=O)O)[C@@H]1CCc1ncc(C)o1. The quantitative estimate of drug-likeness (QED) is 0.291. The number of benzene rings is 1. The van der Waals surface area contributed by atoms with Crippen LogP contribution in [0.4, 0.5) is 0 Å². The predicted molar refractivity (Wildman–Crippen MR) is 157 cm³/mol. The molecule has 2 aliphatic heterocycles. The maximum Gasteiger partial charge on any atom is 0.308 e. The molecule has 1 amide bonds. The van der Waals surface area contributed by atoms with Gasteiger partial charge in [-0.15, -0.1) is 0 Å². The van der Waals surface area contributed by atoms with E-state index in [2.05, 4.69) is 35.8 Å². The zero-order valence-electron chi connectivity index (χ0n) is 25.6. The summed E-state index contributed by atoms with van der Waals surface area (Å²) in [5.74, 6) is 0.875. The lowest BCUT2D eigenvalue weighted by Crippen LogP contribution is -2.45. The molecule has 0 bridgehead atoms. The minimum absolute atomic E-state index is 0.0401. The van der Waals surface area contributed by atoms with E-state index in [1.807, 2.05) is 24.0 Å². The van der Waals surface area contributed by atoms with E-state index in [-0.39, 0.29) is 31.2 Å². The van der Waals surface area contributed by atoms with E-state index in [1.165, 1.54) is 0 Å². The number of likely N-dealkylation sites (tertiary alicyclic amines) is 1. The highest BCUT2D eigenvalue weighted by Crippen LogP contribution is 2.47. The average Bonchev–Trinajstić information content (AvgIpc) is 3.69. The first-order chi connectivity index (χ1) is 20.2. The number of methoxy groups -OCH3 is 1. The van der Waals surface area contributed by atoms with Crippen molar-refractivity contribution in [2.24, 2.45) is 5.92 Å². The number of oxazole rings is 1. The highest BCUT2D eigenvalue weighted by molar-refractivity contribution is 5.79. The third-order valence-corrected chi connectivity index (χ3v) is 8.22. The Bertz CT molecular complexity index is 1200. The number of aryl methyl sites for hydroxylation is 2. The van der Waals surface area contributed by atoms with Crippen LogP contribution in [0.25, 0.3) is 0 Å². The number of fused-ring (bicyclic) bond motifs is 1. The molecule has 4 rings (SSSR count). The van der Waals surface area contributed by atoms with Crippen molar-refractivity contribution in [1.82, 2.24) is 19.7 Å². The molecule has 1 unspecified atom stereocenters. The lowest BCUT2D eigenvalue weighted by molar-refractivity contribution is -0.143. The molecule has 2 aromatic rings. The van der Waals surface area contributed by atoms with Crippen molar-refractivity contribution in [2.45, 2.75) is 64.3 Å². The smallest absolute Gasteiger partial charge is 0.308 e. The molecule has 2 aliphatic rings. The summed E-state index contributed by atoms with van der Waals surface area (Å²) >= 11 is 0. The lowest BCUT2D eigenvalue weighted by atomic mass is 9.83. The number of carbonyl (C=O) groups excluding carboxylic acids is 1. The van der Waals surface area contributed by atoms with E-state index in [4.69, 9.17) is 18.6 Å². The second kappa shape index (κ2) is 14.7. The van der Waals surface area contributed by atoms with Gasteiger partial charge >= 0.3 is 5.97 Å². The number of nitrogens with zero attached hydrogens (tertiary/aromatic N) is 4. The van der Waals surface area contributed by atoms with E-state index in [1.54, 1.807) is 13.3 Å². The Labute approximate surface area is 248 Å². The second-order valence-corrected chi connectivity index (χ2v) is 11.6. The Hall–Kier alpha value is -3.31. The molecule has 11 heteroatoms. The number of hydrogen-bond acceptors (Lipinski definition) is 9. The van der Waals surface area contributed by atoms with Crippen LogP contribution in [0.1, 0.15) is 62.2 Å². The Kier molecular flexibility index (Phi) is 11.1. The summed E-state index contributed by atoms with van der Waals surface area (Å²) in [6.07, 6.45) is 6.53. The van der Waals surface area contributed by atoms with Crippen molar-refractivity contribution in [3.05, 3.63) is 35.5 Å². The normalized spacial score (nSPS) is 19.9. The van der Waals surface area contributed by atoms with E-state index < -0.39 is 11.9 Å². The zero-order valence-corrected chi connectivity index (χ0v) is 25.6. The summed E-state index contributed by atoms with van der Waals surface area (Å²) in [5.41, 5.74) is 0.793. The molecule has 11 nitrogen and oxygen atoms in total. The minimum atomic E-state index is -0.897. The molecule has 1 saturated heterocycles. The lowest BCUT2D eigenvalue weighted by Gasteiger charge is -2.29. The molecule has 0 saturated carbocycles. The van der Waals surface area contributed by atoms with Gasteiger partial charge in [0, 0.05) is 38.0 Å². The van der Waals surface area contributed by atoms with Crippen LogP contribution in [0.15, 0.2) is 22.7 Å². The summed E-state index contributed by atoms with van der Waals surface area (Å²) < 4.78 is 22.5. The Morgan fingerprint density at radius 3 is 2.57 bits per heavy atom. The molecule has 3 heterocycles. The largest absolute Gasteiger partial charge is 0.493 e. The first-order valence-corrected chi connectivity index (χ1v) is 15.0. The van der Waals surface area contributed by atoms with Gasteiger partial charge in [-0.05, 0) is 70.9 Å². The topological polar surface area (TPSA) is 118 Å². The van der Waals surface area contributed by atoms with E-state index >= 15 is 0 Å². The summed E-state index contributed by atoms with van der Waals surface area (Å²) in [6, 6.07) is 3.30. The van der Waals surface area contributed by atoms with Gasteiger partial charge in [0.1, 0.15) is 5.76 Å². The number of hydrogen-bond donors (Lipinski definition) is 1. The van der Waals surface area contributed by atoms with Gasteiger partial charge in [-0.1, -0.05) is 13.3 Å². The number of carboxylic acid groups (broad SMARTS) is 1. The number of unbranched alkanes of at least 4 members (excludes halogenated alkanes) is 2. The first kappa shape index (κ1) is 31.6. The van der Waals surface area contributed by atoms with E-state index in [0.717, 1.165) is 37.8 Å². The summed E-state index contributed by atoms with van der Waals surface area (Å²) in [6.45, 7) is 7.01. The molecule has 3 atom stereocenters. The molecule has 1 fully saturated rings. The number of rotatable bonds is 16. The van der Waals surface area contributed by atoms with E-state index in [9.17, 15) is 14.7 Å². The van der Waals surface area contributed by atoms with Gasteiger partial charge in [-0.3, -0.25) is 14.5 Å². The maximum atomic E-state index is 13.8. The van der Waals surface area contributed by atoms with Crippen molar-refractivity contribution in [3.63, 3.8) is 0 Å². The Balaban J connectivity index is 1.59. The monoisotopic (exact) mass is 586 g/mol. The molecule has 1 aromatic heterocycles. The summed E-state index contributed by atoms with van der Waals surface area (Å²) in [5, 5.41) is 10.5. The van der Waals surface area contributed by atoms with Gasteiger partial charge in [-0.2, -0.15) is 0 Å². The average molecular weight is 587 g/mol. The van der Waals surface area contributed by atoms with Crippen LogP contribution >= 0.6 is 0 Å². The van der Waals surface area contributed by atoms with Crippen molar-refractivity contribution < 1.29 is 33.3 Å². The first-order valence-electron chi connectivity index (χ1n) is 15.0. The number of amides is 1. The van der Waals surface area contributed by atoms with Crippen molar-refractivity contribution in [2.75, 3.05) is 60.7 Å². The van der Waals surface area contributed by atoms with E-state index in [0.29, 0.717) is 61.4 Å². The fourth-order valence-corrected chi connectivity index (χ4v) is 6.06. The van der Waals surface area contributed by atoms with Gasteiger partial charge < -0.3 is 33.5 Å². The molecule has 0 aliphatic carbocycles. The number of ether oxygens (including phenoxy) is 3. The molecule has 232 valence electrons.